The molecule has 0 aliphatic rings. The molecule has 31 heavy (non-hydrogen) atoms. The van der Waals surface area contributed by atoms with Crippen molar-refractivity contribution in [3.05, 3.63) is 66.1 Å². The molecular formula is C24H27N5O2. The lowest BCUT2D eigenvalue weighted by atomic mass is 9.75. The van der Waals surface area contributed by atoms with E-state index in [4.69, 9.17) is 14.5 Å². The normalized spacial score (nSPS) is 13.2. The highest BCUT2D eigenvalue weighted by Crippen LogP contribution is 2.37. The predicted molar refractivity (Wildman–Crippen MR) is 122 cm³/mol. The van der Waals surface area contributed by atoms with Gasteiger partial charge in [-0.15, -0.1) is 0 Å². The Morgan fingerprint density at radius 1 is 0.968 bits per heavy atom. The third kappa shape index (κ3) is 3.96. The lowest BCUT2D eigenvalue weighted by Gasteiger charge is -2.31. The molecule has 2 heterocycles. The maximum atomic E-state index is 5.51. The summed E-state index contributed by atoms with van der Waals surface area (Å²) in [5.41, 5.74) is 5.32. The van der Waals surface area contributed by atoms with Gasteiger partial charge in [0.1, 0.15) is 11.5 Å². The molecule has 4 rings (SSSR count). The Balaban J connectivity index is 1.85. The van der Waals surface area contributed by atoms with Crippen LogP contribution in [0, 0.1) is 0 Å². The van der Waals surface area contributed by atoms with Gasteiger partial charge in [-0.2, -0.15) is 5.10 Å². The number of nitrogens with zero attached hydrogens (tertiary/aromatic N) is 4. The van der Waals surface area contributed by atoms with Crippen LogP contribution in [0.3, 0.4) is 0 Å². The SMILES string of the molecule is CNCC(C)(c1cc(OC)cc(OC)c1)c1ccc2ncc(-c3cnn(C)c3)nc2c1. The average Bonchev–Trinajstić information content (AvgIpc) is 3.24. The van der Waals surface area contributed by atoms with E-state index < -0.39 is 0 Å². The minimum absolute atomic E-state index is 0.337. The van der Waals surface area contributed by atoms with Gasteiger partial charge in [0, 0.05) is 36.8 Å². The molecule has 2 aromatic heterocycles. The molecule has 0 fully saturated rings. The van der Waals surface area contributed by atoms with Crippen LogP contribution in [0.1, 0.15) is 18.1 Å². The van der Waals surface area contributed by atoms with Crippen LogP contribution >= 0.6 is 0 Å². The Labute approximate surface area is 182 Å². The molecule has 0 aliphatic carbocycles. The first kappa shape index (κ1) is 20.8. The Morgan fingerprint density at radius 2 is 1.71 bits per heavy atom. The van der Waals surface area contributed by atoms with E-state index in [1.807, 2.05) is 32.4 Å². The zero-order valence-corrected chi connectivity index (χ0v) is 18.5. The zero-order valence-electron chi connectivity index (χ0n) is 18.5. The average molecular weight is 418 g/mol. The van der Waals surface area contributed by atoms with Crippen LogP contribution in [0.4, 0.5) is 0 Å². The summed E-state index contributed by atoms with van der Waals surface area (Å²) in [6, 6.07) is 12.3. The van der Waals surface area contributed by atoms with Crippen molar-refractivity contribution >= 4 is 11.0 Å². The quantitative estimate of drug-likeness (QED) is 0.496. The summed E-state index contributed by atoms with van der Waals surface area (Å²) in [6.45, 7) is 2.93. The second-order valence-corrected chi connectivity index (χ2v) is 7.83. The lowest BCUT2D eigenvalue weighted by molar-refractivity contribution is 0.390. The van der Waals surface area contributed by atoms with Crippen LogP contribution in [-0.4, -0.2) is 47.6 Å². The number of ether oxygens (including phenoxy) is 2. The second-order valence-electron chi connectivity index (χ2n) is 7.83. The first-order valence-corrected chi connectivity index (χ1v) is 10.1. The molecule has 7 nitrogen and oxygen atoms in total. The number of hydrogen-bond donors (Lipinski definition) is 1. The highest BCUT2D eigenvalue weighted by molar-refractivity contribution is 5.78. The van der Waals surface area contributed by atoms with E-state index in [0.29, 0.717) is 0 Å². The molecule has 0 aliphatic heterocycles. The van der Waals surface area contributed by atoms with Crippen molar-refractivity contribution in [2.24, 2.45) is 7.05 Å². The van der Waals surface area contributed by atoms with Gasteiger partial charge >= 0.3 is 0 Å². The summed E-state index contributed by atoms with van der Waals surface area (Å²) in [6.07, 6.45) is 5.53. The Kier molecular flexibility index (Phi) is 5.61. The predicted octanol–water partition coefficient (Wildman–Crippen LogP) is 3.57. The lowest BCUT2D eigenvalue weighted by Crippen LogP contribution is -2.35. The number of likely N-dealkylation sites (N-methyl/N-ethyl adjacent to an activating group) is 1. The van der Waals surface area contributed by atoms with Gasteiger partial charge < -0.3 is 14.8 Å². The fourth-order valence-corrected chi connectivity index (χ4v) is 3.90. The van der Waals surface area contributed by atoms with Gasteiger partial charge in [-0.25, -0.2) is 4.98 Å². The van der Waals surface area contributed by atoms with E-state index in [1.54, 1.807) is 31.3 Å². The number of aryl methyl sites for hydroxylation is 1. The third-order valence-electron chi connectivity index (χ3n) is 5.70. The molecule has 4 aromatic rings. The van der Waals surface area contributed by atoms with Crippen molar-refractivity contribution < 1.29 is 9.47 Å². The molecule has 0 amide bonds. The monoisotopic (exact) mass is 417 g/mol. The molecule has 160 valence electrons. The van der Waals surface area contributed by atoms with Gasteiger partial charge in [-0.05, 0) is 42.4 Å². The van der Waals surface area contributed by atoms with E-state index in [2.05, 4.69) is 46.6 Å². The van der Waals surface area contributed by atoms with Gasteiger partial charge in [0.2, 0.25) is 0 Å². The molecule has 0 saturated carbocycles. The fourth-order valence-electron chi connectivity index (χ4n) is 3.90. The van der Waals surface area contributed by atoms with Crippen LogP contribution in [-0.2, 0) is 12.5 Å². The minimum atomic E-state index is -0.337. The number of fused-ring (bicyclic) bond motifs is 1. The molecule has 2 aromatic carbocycles. The molecule has 0 bridgehead atoms. The molecule has 0 radical (unpaired) electrons. The first-order chi connectivity index (χ1) is 15.0. The Bertz CT molecular complexity index is 1200. The number of benzene rings is 2. The van der Waals surface area contributed by atoms with Gasteiger partial charge in [-0.1, -0.05) is 13.0 Å². The molecule has 0 saturated heterocycles. The van der Waals surface area contributed by atoms with Crippen LogP contribution in [0.5, 0.6) is 11.5 Å². The van der Waals surface area contributed by atoms with Crippen LogP contribution in [0.2, 0.25) is 0 Å². The number of aromatic nitrogens is 4. The van der Waals surface area contributed by atoms with Gasteiger partial charge in [0.25, 0.3) is 0 Å². The van der Waals surface area contributed by atoms with E-state index in [9.17, 15) is 0 Å². The number of rotatable bonds is 7. The Morgan fingerprint density at radius 3 is 2.32 bits per heavy atom. The summed E-state index contributed by atoms with van der Waals surface area (Å²) in [5, 5.41) is 7.58. The van der Waals surface area contributed by atoms with E-state index >= 15 is 0 Å². The minimum Gasteiger partial charge on any atom is -0.497 e. The van der Waals surface area contributed by atoms with Crippen molar-refractivity contribution in [3.8, 4) is 22.8 Å². The highest BCUT2D eigenvalue weighted by Gasteiger charge is 2.30. The summed E-state index contributed by atoms with van der Waals surface area (Å²) in [7, 11) is 7.18. The van der Waals surface area contributed by atoms with Gasteiger partial charge in [-0.3, -0.25) is 9.67 Å². The highest BCUT2D eigenvalue weighted by atomic mass is 16.5. The van der Waals surface area contributed by atoms with Gasteiger partial charge in [0.05, 0.1) is 43.3 Å². The fraction of sp³-hybridized carbons (Fsp3) is 0.292. The van der Waals surface area contributed by atoms with Crippen molar-refractivity contribution in [3.63, 3.8) is 0 Å². The van der Waals surface area contributed by atoms with E-state index in [-0.39, 0.29) is 5.41 Å². The van der Waals surface area contributed by atoms with Crippen LogP contribution in [0.25, 0.3) is 22.3 Å². The smallest absolute Gasteiger partial charge is 0.122 e. The third-order valence-corrected chi connectivity index (χ3v) is 5.70. The van der Waals surface area contributed by atoms with Crippen molar-refractivity contribution in [2.45, 2.75) is 12.3 Å². The van der Waals surface area contributed by atoms with E-state index in [0.717, 1.165) is 51.5 Å². The van der Waals surface area contributed by atoms with Crippen molar-refractivity contribution in [1.29, 1.82) is 0 Å². The Hall–Kier alpha value is -3.45. The topological polar surface area (TPSA) is 74.1 Å². The zero-order chi connectivity index (χ0) is 22.0. The largest absolute Gasteiger partial charge is 0.497 e. The number of nitrogens with one attached hydrogen (secondary N) is 1. The standard InChI is InChI=1S/C24H27N5O2/c1-24(15-25-2,18-8-19(30-4)11-20(9-18)31-5)17-6-7-21-22(10-17)28-23(13-26-21)16-12-27-29(3)14-16/h6-14,25H,15H2,1-5H3. The summed E-state index contributed by atoms with van der Waals surface area (Å²) in [4.78, 5) is 9.48. The molecule has 1 unspecified atom stereocenters. The summed E-state index contributed by atoms with van der Waals surface area (Å²) in [5.74, 6) is 1.52. The van der Waals surface area contributed by atoms with Crippen LogP contribution in [0.15, 0.2) is 55.0 Å². The summed E-state index contributed by atoms with van der Waals surface area (Å²) < 4.78 is 12.8. The molecule has 1 N–H and O–H groups in total. The van der Waals surface area contributed by atoms with E-state index in [1.165, 1.54) is 0 Å². The number of hydrogen-bond acceptors (Lipinski definition) is 6. The molecule has 1 atom stereocenters. The number of methoxy groups -OCH3 is 2. The molecule has 7 heteroatoms. The first-order valence-electron chi connectivity index (χ1n) is 10.1. The van der Waals surface area contributed by atoms with Gasteiger partial charge in [0.15, 0.2) is 0 Å². The molecular weight excluding hydrogens is 390 g/mol. The van der Waals surface area contributed by atoms with Crippen LogP contribution < -0.4 is 14.8 Å². The molecule has 0 spiro atoms. The maximum Gasteiger partial charge on any atom is 0.122 e. The van der Waals surface area contributed by atoms with Crippen molar-refractivity contribution in [2.75, 3.05) is 27.8 Å². The maximum absolute atomic E-state index is 5.51. The summed E-state index contributed by atoms with van der Waals surface area (Å²) >= 11 is 0. The second kappa shape index (κ2) is 8.35. The van der Waals surface area contributed by atoms with Crippen molar-refractivity contribution in [1.82, 2.24) is 25.1 Å².